The number of hydrogen-bond acceptors (Lipinski definition) is 3. The lowest BCUT2D eigenvalue weighted by Gasteiger charge is -1.94. The van der Waals surface area contributed by atoms with Gasteiger partial charge in [-0.25, -0.2) is 4.40 Å². The maximum atomic E-state index is 11.1. The number of Topliss-reactive ketones (excluding diaryl/α,β-unsaturated/α-hetero) is 1. The second kappa shape index (κ2) is 3.76. The van der Waals surface area contributed by atoms with Crippen LogP contribution in [0.1, 0.15) is 32.1 Å². The SMILES string of the molecule is O=C1CCCCCC1=NS. The summed E-state index contributed by atoms with van der Waals surface area (Å²) in [7, 11) is 0. The molecule has 0 bridgehead atoms. The molecule has 2 nitrogen and oxygen atoms in total. The molecule has 1 saturated carbocycles. The largest absolute Gasteiger partial charge is 0.293 e. The Morgan fingerprint density at radius 1 is 1.20 bits per heavy atom. The van der Waals surface area contributed by atoms with Gasteiger partial charge in [-0.05, 0) is 32.1 Å². The molecule has 1 rings (SSSR count). The van der Waals surface area contributed by atoms with Gasteiger partial charge in [0.05, 0.1) is 5.71 Å². The van der Waals surface area contributed by atoms with Gasteiger partial charge in [0, 0.05) is 6.42 Å². The second-order valence-electron chi connectivity index (χ2n) is 2.53. The van der Waals surface area contributed by atoms with Crippen LogP contribution in [0.4, 0.5) is 0 Å². The summed E-state index contributed by atoms with van der Waals surface area (Å²) < 4.78 is 3.65. The van der Waals surface area contributed by atoms with Crippen molar-refractivity contribution in [3.8, 4) is 0 Å². The van der Waals surface area contributed by atoms with Crippen molar-refractivity contribution >= 4 is 24.3 Å². The molecule has 0 saturated heterocycles. The Labute approximate surface area is 66.3 Å². The van der Waals surface area contributed by atoms with Crippen molar-refractivity contribution in [1.82, 2.24) is 0 Å². The molecule has 0 amide bonds. The van der Waals surface area contributed by atoms with E-state index in [1.54, 1.807) is 0 Å². The number of nitrogens with zero attached hydrogens (tertiary/aromatic N) is 1. The van der Waals surface area contributed by atoms with Gasteiger partial charge >= 0.3 is 0 Å². The molecule has 0 spiro atoms. The third kappa shape index (κ3) is 1.84. The summed E-state index contributed by atoms with van der Waals surface area (Å²) in [5.41, 5.74) is 0.667. The first-order chi connectivity index (χ1) is 4.84. The topological polar surface area (TPSA) is 29.4 Å². The van der Waals surface area contributed by atoms with Crippen LogP contribution in [0.25, 0.3) is 0 Å². The summed E-state index contributed by atoms with van der Waals surface area (Å²) in [4.78, 5) is 11.1. The minimum absolute atomic E-state index is 0.188. The molecule has 1 fully saturated rings. The lowest BCUT2D eigenvalue weighted by Crippen LogP contribution is -2.09. The smallest absolute Gasteiger partial charge is 0.177 e. The molecule has 0 aromatic heterocycles. The maximum absolute atomic E-state index is 11.1. The quantitative estimate of drug-likeness (QED) is 0.421. The van der Waals surface area contributed by atoms with Crippen LogP contribution in [-0.4, -0.2) is 11.5 Å². The summed E-state index contributed by atoms with van der Waals surface area (Å²) in [5.74, 6) is 0.188. The zero-order valence-corrected chi connectivity index (χ0v) is 6.73. The first-order valence-corrected chi connectivity index (χ1v) is 3.98. The fourth-order valence-corrected chi connectivity index (χ4v) is 1.36. The zero-order chi connectivity index (χ0) is 7.40. The highest BCUT2D eigenvalue weighted by molar-refractivity contribution is 7.79. The number of thiol groups is 1. The Bertz CT molecular complexity index is 165. The van der Waals surface area contributed by atoms with Crippen LogP contribution < -0.4 is 0 Å². The van der Waals surface area contributed by atoms with E-state index in [0.717, 1.165) is 25.7 Å². The first-order valence-electron chi connectivity index (χ1n) is 3.58. The zero-order valence-electron chi connectivity index (χ0n) is 5.84. The van der Waals surface area contributed by atoms with Gasteiger partial charge in [-0.1, -0.05) is 6.42 Å². The van der Waals surface area contributed by atoms with Crippen LogP contribution in [0.15, 0.2) is 4.40 Å². The van der Waals surface area contributed by atoms with Crippen molar-refractivity contribution in [2.24, 2.45) is 4.40 Å². The molecular formula is C7H11NOS. The predicted molar refractivity (Wildman–Crippen MR) is 44.5 cm³/mol. The van der Waals surface area contributed by atoms with E-state index in [9.17, 15) is 4.79 Å². The summed E-state index contributed by atoms with van der Waals surface area (Å²) in [6.07, 6.45) is 4.75. The monoisotopic (exact) mass is 157 g/mol. The number of hydrogen-bond donors (Lipinski definition) is 1. The van der Waals surface area contributed by atoms with Gasteiger partial charge in [-0.3, -0.25) is 4.79 Å². The minimum atomic E-state index is 0.188. The Kier molecular flexibility index (Phi) is 2.93. The minimum Gasteiger partial charge on any atom is -0.293 e. The van der Waals surface area contributed by atoms with Crippen molar-refractivity contribution in [2.75, 3.05) is 0 Å². The second-order valence-corrected chi connectivity index (χ2v) is 2.73. The maximum Gasteiger partial charge on any atom is 0.177 e. The van der Waals surface area contributed by atoms with E-state index < -0.39 is 0 Å². The van der Waals surface area contributed by atoms with Crippen molar-refractivity contribution in [3.63, 3.8) is 0 Å². The van der Waals surface area contributed by atoms with Gasteiger partial charge in [0.1, 0.15) is 0 Å². The van der Waals surface area contributed by atoms with E-state index in [1.165, 1.54) is 0 Å². The fourth-order valence-electron chi connectivity index (χ4n) is 1.14. The van der Waals surface area contributed by atoms with Crippen LogP contribution in [0, 0.1) is 0 Å². The molecule has 0 heterocycles. The van der Waals surface area contributed by atoms with E-state index in [2.05, 4.69) is 17.2 Å². The standard InChI is InChI=1S/C7H11NOS/c9-7-5-3-1-2-4-6(7)8-10/h10H,1-5H2. The molecule has 0 aliphatic heterocycles. The number of carbonyl (C=O) groups is 1. The van der Waals surface area contributed by atoms with Gasteiger partial charge in [-0.2, -0.15) is 0 Å². The molecule has 0 aromatic carbocycles. The Hall–Kier alpha value is -0.310. The molecule has 0 N–H and O–H groups in total. The Morgan fingerprint density at radius 2 is 1.90 bits per heavy atom. The van der Waals surface area contributed by atoms with Crippen LogP contribution in [0.3, 0.4) is 0 Å². The van der Waals surface area contributed by atoms with Crippen molar-refractivity contribution in [1.29, 1.82) is 0 Å². The average molecular weight is 157 g/mol. The third-order valence-corrected chi connectivity index (χ3v) is 2.00. The lowest BCUT2D eigenvalue weighted by atomic mass is 10.1. The molecule has 3 heteroatoms. The van der Waals surface area contributed by atoms with Crippen LogP contribution in [-0.2, 0) is 4.79 Å². The summed E-state index contributed by atoms with van der Waals surface area (Å²) >= 11 is 3.74. The van der Waals surface area contributed by atoms with E-state index in [4.69, 9.17) is 0 Å². The summed E-state index contributed by atoms with van der Waals surface area (Å²) in [6.45, 7) is 0. The van der Waals surface area contributed by atoms with Gasteiger partial charge < -0.3 is 0 Å². The van der Waals surface area contributed by atoms with Gasteiger partial charge in [-0.15, -0.1) is 0 Å². The van der Waals surface area contributed by atoms with E-state index in [-0.39, 0.29) is 5.78 Å². The van der Waals surface area contributed by atoms with E-state index >= 15 is 0 Å². The van der Waals surface area contributed by atoms with E-state index in [0.29, 0.717) is 12.1 Å². The highest BCUT2D eigenvalue weighted by atomic mass is 32.1. The molecule has 0 radical (unpaired) electrons. The summed E-state index contributed by atoms with van der Waals surface area (Å²) in [6, 6.07) is 0. The average Bonchev–Trinajstić information content (AvgIpc) is 2.13. The Morgan fingerprint density at radius 3 is 2.60 bits per heavy atom. The highest BCUT2D eigenvalue weighted by Gasteiger charge is 2.13. The van der Waals surface area contributed by atoms with Crippen molar-refractivity contribution < 1.29 is 4.79 Å². The van der Waals surface area contributed by atoms with Crippen LogP contribution in [0.2, 0.25) is 0 Å². The van der Waals surface area contributed by atoms with Crippen molar-refractivity contribution in [3.05, 3.63) is 0 Å². The molecule has 0 aromatic rings. The number of rotatable bonds is 0. The van der Waals surface area contributed by atoms with Crippen molar-refractivity contribution in [2.45, 2.75) is 32.1 Å². The van der Waals surface area contributed by atoms with Gasteiger partial charge in [0.25, 0.3) is 0 Å². The Balaban J connectivity index is 2.61. The molecule has 0 atom stereocenters. The molecule has 1 aliphatic carbocycles. The number of ketones is 1. The predicted octanol–water partition coefficient (Wildman–Crippen LogP) is 1.81. The molecule has 0 unspecified atom stereocenters. The number of carbonyl (C=O) groups excluding carboxylic acids is 1. The molecule has 56 valence electrons. The molecular weight excluding hydrogens is 146 g/mol. The summed E-state index contributed by atoms with van der Waals surface area (Å²) in [5, 5.41) is 0. The molecule has 1 aliphatic rings. The first kappa shape index (κ1) is 7.79. The van der Waals surface area contributed by atoms with Crippen LogP contribution >= 0.6 is 12.8 Å². The normalized spacial score (nSPS) is 24.9. The van der Waals surface area contributed by atoms with E-state index in [1.807, 2.05) is 0 Å². The highest BCUT2D eigenvalue weighted by Crippen LogP contribution is 2.12. The lowest BCUT2D eigenvalue weighted by molar-refractivity contribution is -0.113. The molecule has 10 heavy (non-hydrogen) atoms. The third-order valence-electron chi connectivity index (χ3n) is 1.76. The van der Waals surface area contributed by atoms with Gasteiger partial charge in [0.2, 0.25) is 0 Å². The van der Waals surface area contributed by atoms with Gasteiger partial charge in [0.15, 0.2) is 5.78 Å². The fraction of sp³-hybridized carbons (Fsp3) is 0.714. The van der Waals surface area contributed by atoms with Crippen LogP contribution in [0.5, 0.6) is 0 Å².